The monoisotopic (exact) mass is 411 g/mol. The van der Waals surface area contributed by atoms with Gasteiger partial charge in [0, 0.05) is 17.2 Å². The van der Waals surface area contributed by atoms with E-state index in [2.05, 4.69) is 54.4 Å². The largest absolute Gasteiger partial charge is 0.348 e. The van der Waals surface area contributed by atoms with Crippen molar-refractivity contribution in [2.75, 3.05) is 0 Å². The van der Waals surface area contributed by atoms with Crippen molar-refractivity contribution in [3.8, 4) is 29.3 Å². The minimum Gasteiger partial charge on any atom is -0.348 e. The van der Waals surface area contributed by atoms with Crippen LogP contribution in [0.25, 0.3) is 16.9 Å². The van der Waals surface area contributed by atoms with Crippen LogP contribution in [0, 0.1) is 25.2 Å². The summed E-state index contributed by atoms with van der Waals surface area (Å²) in [5.41, 5.74) is 5.21. The molecule has 0 spiro atoms. The van der Waals surface area contributed by atoms with Crippen LogP contribution in [-0.2, 0) is 0 Å². The summed E-state index contributed by atoms with van der Waals surface area (Å²) >= 11 is 0. The second kappa shape index (κ2) is 9.22. The van der Waals surface area contributed by atoms with Gasteiger partial charge in [-0.3, -0.25) is 4.79 Å². The van der Waals surface area contributed by atoms with Gasteiger partial charge in [0.05, 0.1) is 11.4 Å². The number of carbonyl (C=O) groups is 1. The highest BCUT2D eigenvalue weighted by Crippen LogP contribution is 2.28. The molecule has 4 heteroatoms. The van der Waals surface area contributed by atoms with Crippen LogP contribution in [0.4, 0.5) is 0 Å². The highest BCUT2D eigenvalue weighted by molar-refractivity contribution is 5.93. The molecule has 2 aromatic carbocycles. The molecule has 1 N–H and O–H groups in total. The predicted octanol–water partition coefficient (Wildman–Crippen LogP) is 5.53. The summed E-state index contributed by atoms with van der Waals surface area (Å²) in [5, 5.41) is 7.89. The smallest absolute Gasteiger partial charge is 0.272 e. The Labute approximate surface area is 184 Å². The third kappa shape index (κ3) is 4.72. The zero-order valence-electron chi connectivity index (χ0n) is 18.3. The molecule has 1 aliphatic carbocycles. The van der Waals surface area contributed by atoms with Gasteiger partial charge in [0.25, 0.3) is 5.91 Å². The number of amides is 1. The lowest BCUT2D eigenvalue weighted by Crippen LogP contribution is -2.37. The summed E-state index contributed by atoms with van der Waals surface area (Å²) in [4.78, 5) is 13.0. The number of rotatable bonds is 5. The van der Waals surface area contributed by atoms with Crippen LogP contribution in [0.1, 0.15) is 60.6 Å². The fourth-order valence-electron chi connectivity index (χ4n) is 4.29. The molecule has 0 atom stereocenters. The molecule has 31 heavy (non-hydrogen) atoms. The van der Waals surface area contributed by atoms with E-state index in [0.717, 1.165) is 41.3 Å². The van der Waals surface area contributed by atoms with Crippen molar-refractivity contribution in [3.63, 3.8) is 0 Å². The Balaban J connectivity index is 1.63. The molecule has 1 amide bonds. The molecule has 1 saturated carbocycles. The quantitative estimate of drug-likeness (QED) is 0.561. The molecular weight excluding hydrogens is 382 g/mol. The van der Waals surface area contributed by atoms with Crippen LogP contribution in [-0.4, -0.2) is 21.7 Å². The molecule has 0 unspecified atom stereocenters. The minimum absolute atomic E-state index is 0.104. The lowest BCUT2D eigenvalue weighted by Gasteiger charge is -2.28. The van der Waals surface area contributed by atoms with Crippen LogP contribution in [0.2, 0.25) is 0 Å². The van der Waals surface area contributed by atoms with Gasteiger partial charge in [0.2, 0.25) is 0 Å². The van der Waals surface area contributed by atoms with Gasteiger partial charge in [-0.2, -0.15) is 5.10 Å². The molecule has 1 fully saturated rings. The van der Waals surface area contributed by atoms with Crippen molar-refractivity contribution in [2.24, 2.45) is 5.92 Å². The number of terminal acetylenes is 1. The van der Waals surface area contributed by atoms with E-state index in [4.69, 9.17) is 6.42 Å². The molecule has 0 bridgehead atoms. The first-order chi connectivity index (χ1) is 15.1. The SMILES string of the molecule is C#Cc1ccc(-n2nc(C(=O)NC3CCC(CC)CC3)cc2-c2ccc(C)cc2)cc1. The van der Waals surface area contributed by atoms with Crippen molar-refractivity contribution in [3.05, 3.63) is 71.4 Å². The van der Waals surface area contributed by atoms with Crippen molar-refractivity contribution in [1.82, 2.24) is 15.1 Å². The van der Waals surface area contributed by atoms with E-state index in [9.17, 15) is 4.79 Å². The predicted molar refractivity (Wildman–Crippen MR) is 125 cm³/mol. The maximum atomic E-state index is 13.0. The molecule has 4 nitrogen and oxygen atoms in total. The Morgan fingerprint density at radius 3 is 2.39 bits per heavy atom. The van der Waals surface area contributed by atoms with Crippen LogP contribution in [0.15, 0.2) is 54.6 Å². The van der Waals surface area contributed by atoms with Crippen molar-refractivity contribution in [2.45, 2.75) is 52.0 Å². The summed E-state index contributed by atoms with van der Waals surface area (Å²) in [6.45, 7) is 4.31. The van der Waals surface area contributed by atoms with Crippen LogP contribution >= 0.6 is 0 Å². The van der Waals surface area contributed by atoms with Gasteiger partial charge < -0.3 is 5.32 Å². The first-order valence-corrected chi connectivity index (χ1v) is 11.1. The summed E-state index contributed by atoms with van der Waals surface area (Å²) in [6.07, 6.45) is 11.2. The average molecular weight is 412 g/mol. The Kier molecular flexibility index (Phi) is 6.23. The van der Waals surface area contributed by atoms with Gasteiger partial charge >= 0.3 is 0 Å². The van der Waals surface area contributed by atoms with E-state index < -0.39 is 0 Å². The molecule has 0 saturated heterocycles. The summed E-state index contributed by atoms with van der Waals surface area (Å²) in [7, 11) is 0. The van der Waals surface area contributed by atoms with E-state index in [1.807, 2.05) is 35.0 Å². The third-order valence-corrected chi connectivity index (χ3v) is 6.33. The molecule has 0 aliphatic heterocycles. The van der Waals surface area contributed by atoms with Crippen LogP contribution < -0.4 is 5.32 Å². The maximum Gasteiger partial charge on any atom is 0.272 e. The minimum atomic E-state index is -0.104. The zero-order valence-corrected chi connectivity index (χ0v) is 18.3. The highest BCUT2D eigenvalue weighted by atomic mass is 16.2. The van der Waals surface area contributed by atoms with Crippen LogP contribution in [0.3, 0.4) is 0 Å². The second-order valence-corrected chi connectivity index (χ2v) is 8.48. The van der Waals surface area contributed by atoms with E-state index in [1.165, 1.54) is 24.8 Å². The zero-order chi connectivity index (χ0) is 21.8. The first kappa shape index (κ1) is 20.9. The summed E-state index contributed by atoms with van der Waals surface area (Å²) in [6, 6.07) is 18.0. The van der Waals surface area contributed by atoms with Gasteiger partial charge in [-0.05, 0) is 68.9 Å². The van der Waals surface area contributed by atoms with Gasteiger partial charge in [0.1, 0.15) is 0 Å². The van der Waals surface area contributed by atoms with Gasteiger partial charge in [-0.15, -0.1) is 6.42 Å². The molecule has 158 valence electrons. The molecule has 3 aromatic rings. The van der Waals surface area contributed by atoms with Gasteiger partial charge in [-0.1, -0.05) is 49.1 Å². The van der Waals surface area contributed by atoms with Crippen molar-refractivity contribution in [1.29, 1.82) is 0 Å². The second-order valence-electron chi connectivity index (χ2n) is 8.48. The number of nitrogens with one attached hydrogen (secondary N) is 1. The number of hydrogen-bond acceptors (Lipinski definition) is 2. The van der Waals surface area contributed by atoms with E-state index in [0.29, 0.717) is 5.69 Å². The van der Waals surface area contributed by atoms with Crippen LogP contribution in [0.5, 0.6) is 0 Å². The third-order valence-electron chi connectivity index (χ3n) is 6.33. The number of benzene rings is 2. The lowest BCUT2D eigenvalue weighted by atomic mass is 9.84. The fourth-order valence-corrected chi connectivity index (χ4v) is 4.29. The van der Waals surface area contributed by atoms with E-state index in [-0.39, 0.29) is 11.9 Å². The molecular formula is C27H29N3O. The topological polar surface area (TPSA) is 46.9 Å². The number of nitrogens with zero attached hydrogens (tertiary/aromatic N) is 2. The molecule has 1 aliphatic rings. The van der Waals surface area contributed by atoms with Gasteiger partial charge in [-0.25, -0.2) is 4.68 Å². The standard InChI is InChI=1S/C27H29N3O/c1-4-20-8-14-23(15-9-20)28-27(31)25-18-26(22-12-6-19(3)7-13-22)30(29-25)24-16-10-21(5-2)11-17-24/h2,6-7,10-13,16-18,20,23H,4,8-9,14-15H2,1,3H3,(H,28,31). The summed E-state index contributed by atoms with van der Waals surface area (Å²) in [5.74, 6) is 3.33. The maximum absolute atomic E-state index is 13.0. The fraction of sp³-hybridized carbons (Fsp3) is 0.333. The summed E-state index contributed by atoms with van der Waals surface area (Å²) < 4.78 is 1.83. The normalized spacial score (nSPS) is 18.4. The molecule has 1 heterocycles. The highest BCUT2D eigenvalue weighted by Gasteiger charge is 2.23. The Morgan fingerprint density at radius 2 is 1.77 bits per heavy atom. The number of aromatic nitrogens is 2. The molecule has 1 aromatic heterocycles. The van der Waals surface area contributed by atoms with E-state index in [1.54, 1.807) is 0 Å². The van der Waals surface area contributed by atoms with E-state index >= 15 is 0 Å². The number of hydrogen-bond donors (Lipinski definition) is 1. The van der Waals surface area contributed by atoms with Crippen molar-refractivity contribution >= 4 is 5.91 Å². The molecule has 0 radical (unpaired) electrons. The Bertz CT molecular complexity index is 1080. The first-order valence-electron chi connectivity index (χ1n) is 11.1. The lowest BCUT2D eigenvalue weighted by molar-refractivity contribution is 0.0916. The Hall–Kier alpha value is -3.32. The molecule has 4 rings (SSSR count). The number of carbonyl (C=O) groups excluding carboxylic acids is 1. The Morgan fingerprint density at radius 1 is 1.10 bits per heavy atom. The van der Waals surface area contributed by atoms with Gasteiger partial charge in [0.15, 0.2) is 5.69 Å². The average Bonchev–Trinajstić information content (AvgIpc) is 3.26. The van der Waals surface area contributed by atoms with Crippen molar-refractivity contribution < 1.29 is 4.79 Å². The number of aryl methyl sites for hydroxylation is 1.